The van der Waals surface area contributed by atoms with Crippen LogP contribution in [0, 0.1) is 0 Å². The lowest BCUT2D eigenvalue weighted by Gasteiger charge is -2.39. The molecule has 1 fully saturated rings. The molecule has 1 unspecified atom stereocenters. The average molecular weight is 205 g/mol. The highest BCUT2D eigenvalue weighted by Crippen LogP contribution is 2.15. The molecular weight excluding hydrogens is 186 g/mol. The number of aromatic nitrogens is 1. The van der Waals surface area contributed by atoms with Crippen molar-refractivity contribution < 1.29 is 0 Å². The summed E-state index contributed by atoms with van der Waals surface area (Å²) < 4.78 is 0. The summed E-state index contributed by atoms with van der Waals surface area (Å²) in [7, 11) is 0. The average Bonchev–Trinajstić information content (AvgIpc) is 2.30. The van der Waals surface area contributed by atoms with Crippen LogP contribution in [-0.2, 0) is 0 Å². The topological polar surface area (TPSA) is 19.4 Å². The Morgan fingerprint density at radius 1 is 1.40 bits per heavy atom. The maximum absolute atomic E-state index is 4.40. The molecule has 0 bridgehead atoms. The van der Waals surface area contributed by atoms with Crippen LogP contribution >= 0.6 is 0 Å². The Hall–Kier alpha value is -1.09. The van der Waals surface area contributed by atoms with Crippen molar-refractivity contribution in [3.05, 3.63) is 24.4 Å². The number of hydrogen-bond acceptors (Lipinski definition) is 3. The fourth-order valence-corrected chi connectivity index (χ4v) is 2.21. The zero-order valence-corrected chi connectivity index (χ0v) is 9.56. The van der Waals surface area contributed by atoms with E-state index < -0.39 is 0 Å². The highest BCUT2D eigenvalue weighted by Gasteiger charge is 2.22. The maximum Gasteiger partial charge on any atom is 0.128 e. The molecular formula is C12H19N3. The fraction of sp³-hybridized carbons (Fsp3) is 0.583. The van der Waals surface area contributed by atoms with Gasteiger partial charge in [0.05, 0.1) is 0 Å². The lowest BCUT2D eigenvalue weighted by atomic mass is 10.2. The minimum atomic E-state index is 0.630. The molecule has 2 rings (SSSR count). The number of anilines is 1. The number of rotatable bonds is 2. The standard InChI is InChI=1S/C12H19N3/c1-3-14-8-9-15(10-11(14)2)12-6-4-5-7-13-12/h4-7,11H,3,8-10H2,1-2H3. The van der Waals surface area contributed by atoms with E-state index in [1.807, 2.05) is 12.3 Å². The van der Waals surface area contributed by atoms with Crippen LogP contribution in [-0.4, -0.2) is 42.1 Å². The van der Waals surface area contributed by atoms with Gasteiger partial charge in [0, 0.05) is 31.9 Å². The predicted molar refractivity (Wildman–Crippen MR) is 63.2 cm³/mol. The van der Waals surface area contributed by atoms with E-state index in [1.54, 1.807) is 0 Å². The van der Waals surface area contributed by atoms with Crippen molar-refractivity contribution in [2.75, 3.05) is 31.1 Å². The van der Waals surface area contributed by atoms with Crippen molar-refractivity contribution in [3.63, 3.8) is 0 Å². The van der Waals surface area contributed by atoms with Crippen LogP contribution in [0.3, 0.4) is 0 Å². The summed E-state index contributed by atoms with van der Waals surface area (Å²) in [5, 5.41) is 0. The highest BCUT2D eigenvalue weighted by molar-refractivity contribution is 5.38. The Bertz CT molecular complexity index is 299. The number of likely N-dealkylation sites (N-methyl/N-ethyl adjacent to an activating group) is 1. The lowest BCUT2D eigenvalue weighted by molar-refractivity contribution is 0.199. The molecule has 1 aliphatic rings. The first-order chi connectivity index (χ1) is 7.31. The van der Waals surface area contributed by atoms with Gasteiger partial charge >= 0.3 is 0 Å². The first-order valence-electron chi connectivity index (χ1n) is 5.71. The summed E-state index contributed by atoms with van der Waals surface area (Å²) >= 11 is 0. The Balaban J connectivity index is 2.03. The van der Waals surface area contributed by atoms with Crippen LogP contribution in [0.25, 0.3) is 0 Å². The van der Waals surface area contributed by atoms with E-state index in [0.29, 0.717) is 6.04 Å². The molecule has 0 aromatic carbocycles. The SMILES string of the molecule is CCN1CCN(c2ccccn2)CC1C. The van der Waals surface area contributed by atoms with Gasteiger partial charge in [-0.15, -0.1) is 0 Å². The zero-order chi connectivity index (χ0) is 10.7. The molecule has 1 aromatic heterocycles. The van der Waals surface area contributed by atoms with Crippen molar-refractivity contribution in [2.45, 2.75) is 19.9 Å². The molecule has 0 N–H and O–H groups in total. The second-order valence-corrected chi connectivity index (χ2v) is 4.11. The van der Waals surface area contributed by atoms with E-state index in [1.165, 1.54) is 0 Å². The minimum absolute atomic E-state index is 0.630. The molecule has 1 saturated heterocycles. The molecule has 0 amide bonds. The van der Waals surface area contributed by atoms with Gasteiger partial charge < -0.3 is 4.90 Å². The number of hydrogen-bond donors (Lipinski definition) is 0. The van der Waals surface area contributed by atoms with Crippen molar-refractivity contribution in [1.82, 2.24) is 9.88 Å². The molecule has 0 radical (unpaired) electrons. The van der Waals surface area contributed by atoms with Gasteiger partial charge in [-0.25, -0.2) is 4.98 Å². The van der Waals surface area contributed by atoms with Crippen LogP contribution in [0.5, 0.6) is 0 Å². The number of nitrogens with zero attached hydrogens (tertiary/aromatic N) is 3. The van der Waals surface area contributed by atoms with Crippen LogP contribution in [0.1, 0.15) is 13.8 Å². The van der Waals surface area contributed by atoms with Gasteiger partial charge in [-0.05, 0) is 25.6 Å². The zero-order valence-electron chi connectivity index (χ0n) is 9.56. The van der Waals surface area contributed by atoms with Crippen LogP contribution < -0.4 is 4.90 Å². The molecule has 82 valence electrons. The summed E-state index contributed by atoms with van der Waals surface area (Å²) in [5.41, 5.74) is 0. The summed E-state index contributed by atoms with van der Waals surface area (Å²) in [6.07, 6.45) is 1.87. The summed E-state index contributed by atoms with van der Waals surface area (Å²) in [6.45, 7) is 9.00. The van der Waals surface area contributed by atoms with E-state index in [4.69, 9.17) is 0 Å². The van der Waals surface area contributed by atoms with Crippen molar-refractivity contribution >= 4 is 5.82 Å². The fourth-order valence-electron chi connectivity index (χ4n) is 2.21. The van der Waals surface area contributed by atoms with Crippen molar-refractivity contribution in [2.24, 2.45) is 0 Å². The van der Waals surface area contributed by atoms with Gasteiger partial charge in [-0.2, -0.15) is 0 Å². The van der Waals surface area contributed by atoms with Gasteiger partial charge in [0.15, 0.2) is 0 Å². The maximum atomic E-state index is 4.40. The normalized spacial score (nSPS) is 23.1. The largest absolute Gasteiger partial charge is 0.354 e. The molecule has 3 heteroatoms. The molecule has 1 aliphatic heterocycles. The van der Waals surface area contributed by atoms with E-state index in [2.05, 4.69) is 40.8 Å². The van der Waals surface area contributed by atoms with Gasteiger partial charge in [0.2, 0.25) is 0 Å². The van der Waals surface area contributed by atoms with Crippen molar-refractivity contribution in [1.29, 1.82) is 0 Å². The molecule has 0 aliphatic carbocycles. The summed E-state index contributed by atoms with van der Waals surface area (Å²) in [5.74, 6) is 1.11. The third kappa shape index (κ3) is 2.29. The number of pyridine rings is 1. The Morgan fingerprint density at radius 2 is 2.27 bits per heavy atom. The molecule has 1 aromatic rings. The van der Waals surface area contributed by atoms with E-state index in [9.17, 15) is 0 Å². The minimum Gasteiger partial charge on any atom is -0.354 e. The van der Waals surface area contributed by atoms with Gasteiger partial charge in [0.1, 0.15) is 5.82 Å². The highest BCUT2D eigenvalue weighted by atomic mass is 15.3. The van der Waals surface area contributed by atoms with Gasteiger partial charge in [-0.1, -0.05) is 13.0 Å². The molecule has 1 atom stereocenters. The second kappa shape index (κ2) is 4.62. The smallest absolute Gasteiger partial charge is 0.128 e. The Morgan fingerprint density at radius 3 is 2.87 bits per heavy atom. The monoisotopic (exact) mass is 205 g/mol. The molecule has 0 saturated carbocycles. The van der Waals surface area contributed by atoms with E-state index in [0.717, 1.165) is 32.0 Å². The third-order valence-corrected chi connectivity index (χ3v) is 3.14. The third-order valence-electron chi connectivity index (χ3n) is 3.14. The second-order valence-electron chi connectivity index (χ2n) is 4.11. The molecule has 0 spiro atoms. The summed E-state index contributed by atoms with van der Waals surface area (Å²) in [4.78, 5) is 9.28. The number of piperazine rings is 1. The van der Waals surface area contributed by atoms with Gasteiger partial charge in [0.25, 0.3) is 0 Å². The molecule has 2 heterocycles. The van der Waals surface area contributed by atoms with Crippen LogP contribution in [0.2, 0.25) is 0 Å². The van der Waals surface area contributed by atoms with Crippen LogP contribution in [0.15, 0.2) is 24.4 Å². The Labute approximate surface area is 91.7 Å². The van der Waals surface area contributed by atoms with Gasteiger partial charge in [-0.3, -0.25) is 4.90 Å². The molecule has 15 heavy (non-hydrogen) atoms. The van der Waals surface area contributed by atoms with E-state index in [-0.39, 0.29) is 0 Å². The summed E-state index contributed by atoms with van der Waals surface area (Å²) in [6, 6.07) is 6.74. The quantitative estimate of drug-likeness (QED) is 0.731. The van der Waals surface area contributed by atoms with Crippen LogP contribution in [0.4, 0.5) is 5.82 Å². The van der Waals surface area contributed by atoms with Crippen molar-refractivity contribution in [3.8, 4) is 0 Å². The van der Waals surface area contributed by atoms with E-state index >= 15 is 0 Å². The Kier molecular flexibility index (Phi) is 3.21. The molecule has 3 nitrogen and oxygen atoms in total. The predicted octanol–water partition coefficient (Wildman–Crippen LogP) is 1.61. The lowest BCUT2D eigenvalue weighted by Crippen LogP contribution is -2.51. The first-order valence-corrected chi connectivity index (χ1v) is 5.71. The first kappa shape index (κ1) is 10.4.